The summed E-state index contributed by atoms with van der Waals surface area (Å²) in [4.78, 5) is 12.4. The molecule has 26 heavy (non-hydrogen) atoms. The maximum Gasteiger partial charge on any atom is 0.185 e. The summed E-state index contributed by atoms with van der Waals surface area (Å²) >= 11 is 0. The number of methoxy groups -OCH3 is 1. The molecule has 0 aliphatic heterocycles. The summed E-state index contributed by atoms with van der Waals surface area (Å²) in [5.74, 6) is 1.32. The molecule has 3 nitrogen and oxygen atoms in total. The van der Waals surface area contributed by atoms with Crippen LogP contribution in [-0.4, -0.2) is 12.9 Å². The quantitative estimate of drug-likeness (QED) is 0.438. The van der Waals surface area contributed by atoms with Gasteiger partial charge in [0.05, 0.1) is 7.11 Å². The van der Waals surface area contributed by atoms with Crippen LogP contribution in [0.4, 0.5) is 0 Å². The van der Waals surface area contributed by atoms with Crippen LogP contribution in [0.1, 0.15) is 21.5 Å². The van der Waals surface area contributed by atoms with E-state index in [1.807, 2.05) is 60.7 Å². The van der Waals surface area contributed by atoms with E-state index in [0.717, 1.165) is 16.9 Å². The number of ketones is 1. The molecular formula is C23H20O3. The van der Waals surface area contributed by atoms with E-state index in [1.54, 1.807) is 37.5 Å². The second-order valence-electron chi connectivity index (χ2n) is 5.74. The van der Waals surface area contributed by atoms with Gasteiger partial charge in [-0.1, -0.05) is 60.7 Å². The SMILES string of the molecule is COc1cccc(C(=O)/C=C/c2ccccc2OCc2ccccc2)c1. The van der Waals surface area contributed by atoms with Crippen LogP contribution in [0.2, 0.25) is 0 Å². The fourth-order valence-electron chi connectivity index (χ4n) is 2.52. The summed E-state index contributed by atoms with van der Waals surface area (Å²) in [6, 6.07) is 24.8. The zero-order valence-electron chi connectivity index (χ0n) is 14.6. The third-order valence-corrected chi connectivity index (χ3v) is 3.92. The number of rotatable bonds is 7. The smallest absolute Gasteiger partial charge is 0.185 e. The first-order valence-electron chi connectivity index (χ1n) is 8.38. The Hall–Kier alpha value is -3.33. The van der Waals surface area contributed by atoms with E-state index in [4.69, 9.17) is 9.47 Å². The Morgan fingerprint density at radius 3 is 2.50 bits per heavy atom. The number of hydrogen-bond acceptors (Lipinski definition) is 3. The number of benzene rings is 3. The Bertz CT molecular complexity index is 898. The van der Waals surface area contributed by atoms with Crippen molar-refractivity contribution >= 4 is 11.9 Å². The minimum atomic E-state index is -0.0817. The van der Waals surface area contributed by atoms with Crippen molar-refractivity contribution in [3.05, 3.63) is 102 Å². The van der Waals surface area contributed by atoms with Crippen LogP contribution in [0.25, 0.3) is 6.08 Å². The van der Waals surface area contributed by atoms with Crippen molar-refractivity contribution in [1.29, 1.82) is 0 Å². The van der Waals surface area contributed by atoms with Gasteiger partial charge in [0.1, 0.15) is 18.1 Å². The van der Waals surface area contributed by atoms with E-state index >= 15 is 0 Å². The van der Waals surface area contributed by atoms with Gasteiger partial charge >= 0.3 is 0 Å². The average molecular weight is 344 g/mol. The minimum Gasteiger partial charge on any atom is -0.497 e. The Morgan fingerprint density at radius 2 is 1.69 bits per heavy atom. The van der Waals surface area contributed by atoms with Gasteiger partial charge in [-0.3, -0.25) is 4.79 Å². The lowest BCUT2D eigenvalue weighted by Crippen LogP contribution is -1.97. The second kappa shape index (κ2) is 8.67. The number of carbonyl (C=O) groups is 1. The van der Waals surface area contributed by atoms with Crippen molar-refractivity contribution in [2.45, 2.75) is 6.61 Å². The van der Waals surface area contributed by atoms with E-state index in [9.17, 15) is 4.79 Å². The van der Waals surface area contributed by atoms with Gasteiger partial charge in [-0.25, -0.2) is 0 Å². The number of allylic oxidation sites excluding steroid dienone is 1. The Morgan fingerprint density at radius 1 is 0.923 bits per heavy atom. The first-order chi connectivity index (χ1) is 12.8. The molecule has 0 unspecified atom stereocenters. The van der Waals surface area contributed by atoms with Gasteiger partial charge in [0, 0.05) is 11.1 Å². The summed E-state index contributed by atoms with van der Waals surface area (Å²) in [6.07, 6.45) is 3.33. The molecule has 0 aliphatic rings. The third-order valence-electron chi connectivity index (χ3n) is 3.92. The highest BCUT2D eigenvalue weighted by Gasteiger charge is 2.05. The molecule has 0 atom stereocenters. The van der Waals surface area contributed by atoms with E-state index in [2.05, 4.69) is 0 Å². The highest BCUT2D eigenvalue weighted by molar-refractivity contribution is 6.07. The van der Waals surface area contributed by atoms with Gasteiger partial charge in [-0.05, 0) is 35.9 Å². The van der Waals surface area contributed by atoms with Crippen LogP contribution in [0.15, 0.2) is 84.9 Å². The monoisotopic (exact) mass is 344 g/mol. The third kappa shape index (κ3) is 4.61. The minimum absolute atomic E-state index is 0.0817. The molecular weight excluding hydrogens is 324 g/mol. The van der Waals surface area contributed by atoms with Crippen molar-refractivity contribution in [2.24, 2.45) is 0 Å². The van der Waals surface area contributed by atoms with E-state index in [0.29, 0.717) is 17.9 Å². The molecule has 0 bridgehead atoms. The standard InChI is InChI=1S/C23H20O3/c1-25-21-12-7-11-20(16-21)22(24)15-14-19-10-5-6-13-23(19)26-17-18-8-3-2-4-9-18/h2-16H,17H2,1H3/b15-14+. The van der Waals surface area contributed by atoms with Gasteiger partial charge in [-0.15, -0.1) is 0 Å². The zero-order chi connectivity index (χ0) is 18.2. The Kier molecular flexibility index (Phi) is 5.84. The molecule has 0 aliphatic carbocycles. The molecule has 3 rings (SSSR count). The Labute approximate surface area is 153 Å². The van der Waals surface area contributed by atoms with Crippen LogP contribution in [0.3, 0.4) is 0 Å². The molecule has 0 N–H and O–H groups in total. The van der Waals surface area contributed by atoms with Crippen molar-refractivity contribution in [3.63, 3.8) is 0 Å². The van der Waals surface area contributed by atoms with Gasteiger partial charge < -0.3 is 9.47 Å². The van der Waals surface area contributed by atoms with Crippen molar-refractivity contribution in [1.82, 2.24) is 0 Å². The molecule has 0 aromatic heterocycles. The van der Waals surface area contributed by atoms with Crippen molar-refractivity contribution < 1.29 is 14.3 Å². The summed E-state index contributed by atoms with van der Waals surface area (Å²) in [6.45, 7) is 0.482. The summed E-state index contributed by atoms with van der Waals surface area (Å²) in [5.41, 5.74) is 2.54. The topological polar surface area (TPSA) is 35.5 Å². The first kappa shape index (κ1) is 17.5. The lowest BCUT2D eigenvalue weighted by molar-refractivity contribution is 0.104. The van der Waals surface area contributed by atoms with Gasteiger partial charge in [-0.2, -0.15) is 0 Å². The Balaban J connectivity index is 1.73. The molecule has 130 valence electrons. The number of hydrogen-bond donors (Lipinski definition) is 0. The molecule has 3 heteroatoms. The maximum absolute atomic E-state index is 12.4. The fourth-order valence-corrected chi connectivity index (χ4v) is 2.52. The predicted octanol–water partition coefficient (Wildman–Crippen LogP) is 5.17. The second-order valence-corrected chi connectivity index (χ2v) is 5.74. The summed E-state index contributed by atoms with van der Waals surface area (Å²) in [7, 11) is 1.58. The summed E-state index contributed by atoms with van der Waals surface area (Å²) in [5, 5.41) is 0. The number of ether oxygens (including phenoxy) is 2. The largest absolute Gasteiger partial charge is 0.497 e. The zero-order valence-corrected chi connectivity index (χ0v) is 14.6. The number of para-hydroxylation sites is 1. The van der Waals surface area contributed by atoms with Crippen LogP contribution < -0.4 is 9.47 Å². The maximum atomic E-state index is 12.4. The molecule has 0 fully saturated rings. The number of carbonyl (C=O) groups excluding carboxylic acids is 1. The van der Waals surface area contributed by atoms with Crippen molar-refractivity contribution in [3.8, 4) is 11.5 Å². The van der Waals surface area contributed by atoms with Crippen LogP contribution in [0.5, 0.6) is 11.5 Å². The van der Waals surface area contributed by atoms with Gasteiger partial charge in [0.2, 0.25) is 0 Å². The molecule has 0 spiro atoms. The molecule has 0 saturated heterocycles. The lowest BCUT2D eigenvalue weighted by atomic mass is 10.1. The lowest BCUT2D eigenvalue weighted by Gasteiger charge is -2.09. The highest BCUT2D eigenvalue weighted by Crippen LogP contribution is 2.21. The van der Waals surface area contributed by atoms with E-state index in [1.165, 1.54) is 0 Å². The average Bonchev–Trinajstić information content (AvgIpc) is 2.72. The molecule has 0 radical (unpaired) electrons. The molecule has 3 aromatic rings. The first-order valence-corrected chi connectivity index (χ1v) is 8.38. The van der Waals surface area contributed by atoms with E-state index in [-0.39, 0.29) is 5.78 Å². The predicted molar refractivity (Wildman–Crippen MR) is 104 cm³/mol. The molecule has 0 amide bonds. The molecule has 0 heterocycles. The fraction of sp³-hybridized carbons (Fsp3) is 0.0870. The normalized spacial score (nSPS) is 10.7. The highest BCUT2D eigenvalue weighted by atomic mass is 16.5. The van der Waals surface area contributed by atoms with E-state index < -0.39 is 0 Å². The van der Waals surface area contributed by atoms with Gasteiger partial charge in [0.15, 0.2) is 5.78 Å². The molecule has 3 aromatic carbocycles. The molecule has 0 saturated carbocycles. The van der Waals surface area contributed by atoms with Crippen LogP contribution >= 0.6 is 0 Å². The van der Waals surface area contributed by atoms with Gasteiger partial charge in [0.25, 0.3) is 0 Å². The van der Waals surface area contributed by atoms with Crippen LogP contribution in [0, 0.1) is 0 Å². The summed E-state index contributed by atoms with van der Waals surface area (Å²) < 4.78 is 11.1. The van der Waals surface area contributed by atoms with Crippen LogP contribution in [-0.2, 0) is 6.61 Å². The van der Waals surface area contributed by atoms with Crippen molar-refractivity contribution in [2.75, 3.05) is 7.11 Å².